The third kappa shape index (κ3) is 2.36. The van der Waals surface area contributed by atoms with E-state index >= 15 is 0 Å². The van der Waals surface area contributed by atoms with Crippen LogP contribution in [0.3, 0.4) is 0 Å². The number of rotatable bonds is 3. The van der Waals surface area contributed by atoms with Crippen LogP contribution in [0.25, 0.3) is 11.3 Å². The van der Waals surface area contributed by atoms with E-state index in [9.17, 15) is 5.11 Å². The van der Waals surface area contributed by atoms with Gasteiger partial charge in [-0.3, -0.25) is 0 Å². The molecule has 0 radical (unpaired) electrons. The molecule has 88 valence electrons. The van der Waals surface area contributed by atoms with E-state index in [0.717, 1.165) is 23.2 Å². The highest BCUT2D eigenvalue weighted by Gasteiger charge is 2.05. The van der Waals surface area contributed by atoms with Crippen molar-refractivity contribution in [2.45, 2.75) is 13.3 Å². The summed E-state index contributed by atoms with van der Waals surface area (Å²) < 4.78 is 5.04. The van der Waals surface area contributed by atoms with Crippen molar-refractivity contribution in [3.05, 3.63) is 36.2 Å². The zero-order valence-corrected chi connectivity index (χ0v) is 9.84. The molecule has 0 fully saturated rings. The summed E-state index contributed by atoms with van der Waals surface area (Å²) in [6.07, 6.45) is 2.25. The molecule has 2 rings (SSSR count). The first-order chi connectivity index (χ1) is 8.24. The maximum absolute atomic E-state index is 9.80. The Kier molecular flexibility index (Phi) is 3.23. The van der Waals surface area contributed by atoms with E-state index in [1.807, 2.05) is 19.1 Å². The summed E-state index contributed by atoms with van der Waals surface area (Å²) in [5.41, 5.74) is 2.50. The molecular weight excluding hydrogens is 216 g/mol. The molecule has 1 aromatic carbocycles. The molecule has 0 aliphatic carbocycles. The van der Waals surface area contributed by atoms with Crippen molar-refractivity contribution in [3.8, 4) is 22.9 Å². The molecule has 2 aromatic rings. The van der Waals surface area contributed by atoms with Crippen LogP contribution in [-0.2, 0) is 6.42 Å². The van der Waals surface area contributed by atoms with E-state index in [0.29, 0.717) is 11.6 Å². The first kappa shape index (κ1) is 11.4. The number of phenols is 1. The second-order valence-electron chi connectivity index (χ2n) is 3.64. The molecule has 0 amide bonds. The van der Waals surface area contributed by atoms with E-state index in [2.05, 4.69) is 9.97 Å². The highest BCUT2D eigenvalue weighted by atomic mass is 16.5. The summed E-state index contributed by atoms with van der Waals surface area (Å²) in [6.45, 7) is 2.00. The van der Waals surface area contributed by atoms with Crippen molar-refractivity contribution in [2.75, 3.05) is 7.11 Å². The van der Waals surface area contributed by atoms with E-state index in [-0.39, 0.29) is 0 Å². The lowest BCUT2D eigenvalue weighted by molar-refractivity contribution is 0.397. The van der Waals surface area contributed by atoms with E-state index in [4.69, 9.17) is 4.74 Å². The summed E-state index contributed by atoms with van der Waals surface area (Å²) in [7, 11) is 1.56. The molecule has 0 bridgehead atoms. The van der Waals surface area contributed by atoms with Crippen molar-refractivity contribution >= 4 is 0 Å². The Morgan fingerprint density at radius 1 is 1.24 bits per heavy atom. The number of methoxy groups -OCH3 is 1. The van der Waals surface area contributed by atoms with Gasteiger partial charge in [0.15, 0.2) is 0 Å². The fourth-order valence-electron chi connectivity index (χ4n) is 1.63. The van der Waals surface area contributed by atoms with Gasteiger partial charge >= 0.3 is 0 Å². The van der Waals surface area contributed by atoms with Gasteiger partial charge in [-0.1, -0.05) is 19.1 Å². The first-order valence-corrected chi connectivity index (χ1v) is 5.43. The minimum atomic E-state index is 0.294. The Bertz CT molecular complexity index is 527. The number of hydrogen-bond acceptors (Lipinski definition) is 4. The Morgan fingerprint density at radius 3 is 2.71 bits per heavy atom. The lowest BCUT2D eigenvalue weighted by atomic mass is 10.1. The van der Waals surface area contributed by atoms with Crippen LogP contribution in [0.15, 0.2) is 30.6 Å². The number of aryl methyl sites for hydroxylation is 1. The Morgan fingerprint density at radius 2 is 2.06 bits per heavy atom. The van der Waals surface area contributed by atoms with Gasteiger partial charge in [0, 0.05) is 11.6 Å². The van der Waals surface area contributed by atoms with Crippen LogP contribution >= 0.6 is 0 Å². The zero-order valence-electron chi connectivity index (χ0n) is 9.84. The van der Waals surface area contributed by atoms with Crippen molar-refractivity contribution in [3.63, 3.8) is 0 Å². The molecule has 0 aliphatic rings. The number of aromatic nitrogens is 2. The van der Waals surface area contributed by atoms with Gasteiger partial charge in [-0.2, -0.15) is 0 Å². The van der Waals surface area contributed by atoms with Gasteiger partial charge in [0.05, 0.1) is 12.8 Å². The molecule has 4 heteroatoms. The molecule has 1 N–H and O–H groups in total. The number of nitrogens with zero attached hydrogens (tertiary/aromatic N) is 2. The molecule has 0 atom stereocenters. The molecule has 1 heterocycles. The highest BCUT2D eigenvalue weighted by Crippen LogP contribution is 2.26. The highest BCUT2D eigenvalue weighted by molar-refractivity contribution is 5.62. The summed E-state index contributed by atoms with van der Waals surface area (Å²) in [6, 6.07) is 7.28. The predicted molar refractivity (Wildman–Crippen MR) is 65.1 cm³/mol. The van der Waals surface area contributed by atoms with E-state index in [1.54, 1.807) is 19.2 Å². The van der Waals surface area contributed by atoms with E-state index in [1.165, 1.54) is 6.33 Å². The van der Waals surface area contributed by atoms with Gasteiger partial charge in [-0.05, 0) is 18.1 Å². The summed E-state index contributed by atoms with van der Waals surface area (Å²) in [4.78, 5) is 8.10. The minimum Gasteiger partial charge on any atom is -0.508 e. The number of benzene rings is 1. The van der Waals surface area contributed by atoms with Crippen LogP contribution in [0, 0.1) is 0 Å². The van der Waals surface area contributed by atoms with Crippen LogP contribution in [0.4, 0.5) is 0 Å². The van der Waals surface area contributed by atoms with Crippen LogP contribution < -0.4 is 4.74 Å². The lowest BCUT2D eigenvalue weighted by Crippen LogP contribution is -1.91. The van der Waals surface area contributed by atoms with Crippen molar-refractivity contribution in [1.29, 1.82) is 0 Å². The van der Waals surface area contributed by atoms with Crippen molar-refractivity contribution in [2.24, 2.45) is 0 Å². The van der Waals surface area contributed by atoms with Crippen LogP contribution in [0.1, 0.15) is 12.5 Å². The van der Waals surface area contributed by atoms with Gasteiger partial charge in [0.25, 0.3) is 0 Å². The first-order valence-electron chi connectivity index (χ1n) is 5.43. The fraction of sp³-hybridized carbons (Fsp3) is 0.231. The summed E-state index contributed by atoms with van der Waals surface area (Å²) in [5, 5.41) is 9.80. The van der Waals surface area contributed by atoms with Crippen LogP contribution in [-0.4, -0.2) is 22.2 Å². The number of aromatic hydroxyl groups is 1. The average Bonchev–Trinajstić information content (AvgIpc) is 2.38. The van der Waals surface area contributed by atoms with E-state index < -0.39 is 0 Å². The third-order valence-electron chi connectivity index (χ3n) is 2.61. The normalized spacial score (nSPS) is 10.2. The lowest BCUT2D eigenvalue weighted by Gasteiger charge is -2.06. The molecule has 0 aliphatic heterocycles. The van der Waals surface area contributed by atoms with Gasteiger partial charge in [0.2, 0.25) is 5.88 Å². The van der Waals surface area contributed by atoms with Crippen LogP contribution in [0.2, 0.25) is 0 Å². The number of hydrogen-bond donors (Lipinski definition) is 1. The van der Waals surface area contributed by atoms with Crippen molar-refractivity contribution < 1.29 is 9.84 Å². The average molecular weight is 230 g/mol. The molecule has 0 spiro atoms. The number of phenolic OH excluding ortho intramolecular Hbond substituents is 1. The zero-order chi connectivity index (χ0) is 12.3. The number of ether oxygens (including phenoxy) is 1. The van der Waals surface area contributed by atoms with Crippen molar-refractivity contribution in [1.82, 2.24) is 9.97 Å². The van der Waals surface area contributed by atoms with Gasteiger partial charge in [-0.25, -0.2) is 9.97 Å². The van der Waals surface area contributed by atoms with Gasteiger partial charge < -0.3 is 9.84 Å². The SMILES string of the molecule is CCc1ccc(-c2cc(OC)ncn2)cc1O. The Labute approximate surface area is 99.9 Å². The standard InChI is InChI=1S/C13H14N2O2/c1-3-9-4-5-10(6-12(9)16)11-7-13(17-2)15-8-14-11/h4-8,16H,3H2,1-2H3. The van der Waals surface area contributed by atoms with Gasteiger partial charge in [0.1, 0.15) is 12.1 Å². The molecule has 0 saturated heterocycles. The maximum Gasteiger partial charge on any atom is 0.216 e. The molecule has 0 saturated carbocycles. The summed E-state index contributed by atoms with van der Waals surface area (Å²) >= 11 is 0. The van der Waals surface area contributed by atoms with Gasteiger partial charge in [-0.15, -0.1) is 0 Å². The molecular formula is C13H14N2O2. The van der Waals surface area contributed by atoms with Crippen LogP contribution in [0.5, 0.6) is 11.6 Å². The Hall–Kier alpha value is -2.10. The maximum atomic E-state index is 9.80. The Balaban J connectivity index is 2.42. The third-order valence-corrected chi connectivity index (χ3v) is 2.61. The quantitative estimate of drug-likeness (QED) is 0.879. The molecule has 0 unspecified atom stereocenters. The predicted octanol–water partition coefficient (Wildman–Crippen LogP) is 2.42. The summed E-state index contributed by atoms with van der Waals surface area (Å²) in [5.74, 6) is 0.802. The molecule has 1 aromatic heterocycles. The smallest absolute Gasteiger partial charge is 0.216 e. The fourth-order valence-corrected chi connectivity index (χ4v) is 1.63. The largest absolute Gasteiger partial charge is 0.508 e. The molecule has 17 heavy (non-hydrogen) atoms. The second-order valence-corrected chi connectivity index (χ2v) is 3.64. The monoisotopic (exact) mass is 230 g/mol. The topological polar surface area (TPSA) is 55.2 Å². The second kappa shape index (κ2) is 4.82. The minimum absolute atomic E-state index is 0.294. The molecule has 4 nitrogen and oxygen atoms in total.